The Morgan fingerprint density at radius 2 is 1.94 bits per heavy atom. The van der Waals surface area contributed by atoms with Crippen LogP contribution in [-0.4, -0.2) is 27.8 Å². The molecule has 18 heavy (non-hydrogen) atoms. The van der Waals surface area contributed by atoms with Crippen molar-refractivity contribution >= 4 is 28.3 Å². The minimum Gasteiger partial charge on any atom is -0.343 e. The molecule has 0 unspecified atom stereocenters. The molecule has 1 heterocycles. The van der Waals surface area contributed by atoms with Crippen LogP contribution in [0, 0.1) is 0 Å². The maximum atomic E-state index is 12.5. The molecule has 8 heteroatoms. The molecule has 0 spiro atoms. The second kappa shape index (κ2) is 6.56. The number of alkyl halides is 4. The summed E-state index contributed by atoms with van der Waals surface area (Å²) >= 11 is 6.46. The lowest BCUT2D eigenvalue weighted by Gasteiger charge is -2.29. The first-order chi connectivity index (χ1) is 8.43. The van der Waals surface area contributed by atoms with Crippen LogP contribution in [-0.2, 0) is 6.18 Å². The number of anilines is 1. The van der Waals surface area contributed by atoms with E-state index in [-0.39, 0.29) is 11.2 Å². The Morgan fingerprint density at radius 3 is 2.33 bits per heavy atom. The molecule has 0 saturated heterocycles. The third kappa shape index (κ3) is 3.71. The second-order valence-corrected chi connectivity index (χ2v) is 4.86. The van der Waals surface area contributed by atoms with E-state index < -0.39 is 12.0 Å². The zero-order valence-electron chi connectivity index (χ0n) is 10.2. The van der Waals surface area contributed by atoms with Gasteiger partial charge in [0.05, 0.1) is 0 Å². The van der Waals surface area contributed by atoms with Gasteiger partial charge in [-0.1, -0.05) is 13.8 Å². The van der Waals surface area contributed by atoms with Gasteiger partial charge in [-0.15, -0.1) is 11.6 Å². The molecule has 3 nitrogen and oxygen atoms in total. The summed E-state index contributed by atoms with van der Waals surface area (Å²) in [6, 6.07) is 0.137. The fourth-order valence-electron chi connectivity index (χ4n) is 1.70. The van der Waals surface area contributed by atoms with Crippen molar-refractivity contribution in [3.63, 3.8) is 0 Å². The van der Waals surface area contributed by atoms with Crippen LogP contribution in [0.3, 0.4) is 0 Å². The molecule has 1 aromatic heterocycles. The predicted molar refractivity (Wildman–Crippen MR) is 67.3 cm³/mol. The Labute approximate surface area is 113 Å². The van der Waals surface area contributed by atoms with Gasteiger partial charge in [-0.2, -0.15) is 22.5 Å². The van der Waals surface area contributed by atoms with Crippen LogP contribution in [0.15, 0.2) is 0 Å². The lowest BCUT2D eigenvalue weighted by Crippen LogP contribution is -2.36. The van der Waals surface area contributed by atoms with Crippen LogP contribution in [0.4, 0.5) is 18.3 Å². The molecule has 0 radical (unpaired) electrons. The molecular weight excluding hydrogens is 287 g/mol. The van der Waals surface area contributed by atoms with Crippen molar-refractivity contribution in [2.45, 2.75) is 38.9 Å². The van der Waals surface area contributed by atoms with E-state index in [1.54, 1.807) is 4.90 Å². The fraction of sp³-hybridized carbons (Fsp3) is 0.800. The van der Waals surface area contributed by atoms with Crippen molar-refractivity contribution in [3.8, 4) is 0 Å². The molecule has 0 bridgehead atoms. The monoisotopic (exact) mass is 301 g/mol. The molecule has 1 rings (SSSR count). The molecule has 0 aromatic carbocycles. The van der Waals surface area contributed by atoms with Crippen molar-refractivity contribution < 1.29 is 13.2 Å². The number of hydrogen-bond donors (Lipinski definition) is 0. The maximum Gasteiger partial charge on any atom is 0.452 e. The molecule has 0 atom stereocenters. The van der Waals surface area contributed by atoms with Crippen molar-refractivity contribution in [1.82, 2.24) is 9.36 Å². The summed E-state index contributed by atoms with van der Waals surface area (Å²) < 4.78 is 40.7. The average molecular weight is 302 g/mol. The van der Waals surface area contributed by atoms with Crippen molar-refractivity contribution in [3.05, 3.63) is 5.82 Å². The van der Waals surface area contributed by atoms with E-state index in [1.165, 1.54) is 0 Å². The van der Waals surface area contributed by atoms with Crippen LogP contribution in [0.1, 0.15) is 32.5 Å². The van der Waals surface area contributed by atoms with E-state index >= 15 is 0 Å². The molecule has 104 valence electrons. The van der Waals surface area contributed by atoms with Gasteiger partial charge < -0.3 is 4.90 Å². The standard InChI is InChI=1S/C10H15ClF3N3S/c1-3-7(4-2)17(6-5-11)9-15-8(16-18-9)10(12,13)14/h7H,3-6H2,1-2H3. The van der Waals surface area contributed by atoms with Gasteiger partial charge in [0, 0.05) is 30.0 Å². The minimum absolute atomic E-state index is 0.137. The number of hydrogen-bond acceptors (Lipinski definition) is 4. The van der Waals surface area contributed by atoms with Crippen molar-refractivity contribution in [2.75, 3.05) is 17.3 Å². The molecule has 0 N–H and O–H groups in total. The molecule has 0 saturated carbocycles. The first kappa shape index (κ1) is 15.5. The van der Waals surface area contributed by atoms with E-state index in [1.807, 2.05) is 13.8 Å². The molecule has 0 amide bonds. The summed E-state index contributed by atoms with van der Waals surface area (Å²) in [6.45, 7) is 4.45. The van der Waals surface area contributed by atoms with Gasteiger partial charge in [-0.3, -0.25) is 0 Å². The van der Waals surface area contributed by atoms with Gasteiger partial charge in [0.15, 0.2) is 0 Å². The number of halogens is 4. The largest absolute Gasteiger partial charge is 0.452 e. The summed E-state index contributed by atoms with van der Waals surface area (Å²) in [6.07, 6.45) is -2.84. The van der Waals surface area contributed by atoms with Gasteiger partial charge in [-0.05, 0) is 12.8 Å². The van der Waals surface area contributed by atoms with E-state index in [4.69, 9.17) is 11.6 Å². The lowest BCUT2D eigenvalue weighted by molar-refractivity contribution is -0.144. The number of nitrogens with zero attached hydrogens (tertiary/aromatic N) is 3. The Hall–Kier alpha value is -0.560. The van der Waals surface area contributed by atoms with Gasteiger partial charge in [0.25, 0.3) is 0 Å². The second-order valence-electron chi connectivity index (χ2n) is 3.75. The van der Waals surface area contributed by atoms with E-state index in [0.29, 0.717) is 12.4 Å². The summed E-state index contributed by atoms with van der Waals surface area (Å²) in [5, 5.41) is 0.289. The molecule has 1 aromatic rings. The van der Waals surface area contributed by atoms with Gasteiger partial charge in [-0.25, -0.2) is 0 Å². The SMILES string of the molecule is CCC(CC)N(CCCl)c1nc(C(F)(F)F)ns1. The number of rotatable bonds is 6. The molecule has 0 aliphatic carbocycles. The number of aromatic nitrogens is 2. The van der Waals surface area contributed by atoms with Crippen LogP contribution in [0.2, 0.25) is 0 Å². The zero-order valence-corrected chi connectivity index (χ0v) is 11.7. The third-order valence-electron chi connectivity index (χ3n) is 2.62. The first-order valence-corrected chi connectivity index (χ1v) is 6.98. The van der Waals surface area contributed by atoms with Crippen LogP contribution in [0.5, 0.6) is 0 Å². The van der Waals surface area contributed by atoms with Gasteiger partial charge in [0.2, 0.25) is 11.0 Å². The Kier molecular flexibility index (Phi) is 5.65. The average Bonchev–Trinajstić information content (AvgIpc) is 2.78. The zero-order chi connectivity index (χ0) is 13.8. The Morgan fingerprint density at radius 1 is 1.33 bits per heavy atom. The Bertz CT molecular complexity index is 365. The molecular formula is C10H15ClF3N3S. The lowest BCUT2D eigenvalue weighted by atomic mass is 10.1. The third-order valence-corrected chi connectivity index (χ3v) is 3.55. The van der Waals surface area contributed by atoms with Crippen molar-refractivity contribution in [2.24, 2.45) is 0 Å². The van der Waals surface area contributed by atoms with Crippen molar-refractivity contribution in [1.29, 1.82) is 0 Å². The highest BCUT2D eigenvalue weighted by Gasteiger charge is 2.37. The van der Waals surface area contributed by atoms with E-state index in [0.717, 1.165) is 24.4 Å². The van der Waals surface area contributed by atoms with Crippen LogP contribution in [0.25, 0.3) is 0 Å². The van der Waals surface area contributed by atoms with Gasteiger partial charge in [0.1, 0.15) is 0 Å². The highest BCUT2D eigenvalue weighted by atomic mass is 35.5. The maximum absolute atomic E-state index is 12.5. The van der Waals surface area contributed by atoms with Crippen LogP contribution < -0.4 is 4.90 Å². The fourth-order valence-corrected chi connectivity index (χ4v) is 2.67. The summed E-state index contributed by atoms with van der Waals surface area (Å²) in [4.78, 5) is 5.37. The summed E-state index contributed by atoms with van der Waals surface area (Å²) in [5.41, 5.74) is 0. The van der Waals surface area contributed by atoms with Crippen LogP contribution >= 0.6 is 23.1 Å². The highest BCUT2D eigenvalue weighted by molar-refractivity contribution is 7.09. The Balaban J connectivity index is 2.95. The molecule has 0 aliphatic heterocycles. The van der Waals surface area contributed by atoms with Gasteiger partial charge >= 0.3 is 6.18 Å². The van der Waals surface area contributed by atoms with E-state index in [9.17, 15) is 13.2 Å². The predicted octanol–water partition coefficient (Wildman–Crippen LogP) is 3.79. The summed E-state index contributed by atoms with van der Waals surface area (Å²) in [5.74, 6) is -0.731. The topological polar surface area (TPSA) is 29.0 Å². The molecule has 0 fully saturated rings. The minimum atomic E-state index is -4.49. The smallest absolute Gasteiger partial charge is 0.343 e. The first-order valence-electron chi connectivity index (χ1n) is 5.67. The van der Waals surface area contributed by atoms with E-state index in [2.05, 4.69) is 9.36 Å². The summed E-state index contributed by atoms with van der Waals surface area (Å²) in [7, 11) is 0. The highest BCUT2D eigenvalue weighted by Crippen LogP contribution is 2.31. The normalized spacial score (nSPS) is 12.2. The molecule has 0 aliphatic rings. The quantitative estimate of drug-likeness (QED) is 0.749.